The Kier molecular flexibility index (Phi) is 4.09. The van der Waals surface area contributed by atoms with Gasteiger partial charge in [0.25, 0.3) is 5.69 Å². The van der Waals surface area contributed by atoms with Crippen LogP contribution < -0.4 is 10.4 Å². The first-order valence-corrected chi connectivity index (χ1v) is 7.43. The number of aromatic nitrogens is 3. The number of nitro groups is 1. The van der Waals surface area contributed by atoms with E-state index in [9.17, 15) is 20.0 Å². The molecule has 1 atom stereocenters. The van der Waals surface area contributed by atoms with E-state index in [1.807, 2.05) is 0 Å². The highest BCUT2D eigenvalue weighted by Gasteiger charge is 2.34. The molecule has 0 amide bonds. The van der Waals surface area contributed by atoms with E-state index in [2.05, 4.69) is 15.4 Å². The molecule has 0 saturated carbocycles. The lowest BCUT2D eigenvalue weighted by molar-refractivity contribution is -0.398. The van der Waals surface area contributed by atoms with Crippen molar-refractivity contribution in [2.24, 2.45) is 0 Å². The van der Waals surface area contributed by atoms with E-state index >= 15 is 0 Å². The molecule has 0 spiro atoms. The van der Waals surface area contributed by atoms with E-state index in [1.54, 1.807) is 13.8 Å². The van der Waals surface area contributed by atoms with Gasteiger partial charge in [0.05, 0.1) is 17.1 Å². The van der Waals surface area contributed by atoms with Crippen molar-refractivity contribution in [3.63, 3.8) is 0 Å². The molecular weight excluding hydrogens is 330 g/mol. The van der Waals surface area contributed by atoms with Crippen LogP contribution in [0, 0.1) is 10.1 Å². The third kappa shape index (κ3) is 2.77. The van der Waals surface area contributed by atoms with E-state index in [1.165, 1.54) is 17.1 Å². The molecule has 1 N–H and O–H groups in total. The van der Waals surface area contributed by atoms with Crippen molar-refractivity contribution in [2.45, 2.75) is 19.9 Å². The van der Waals surface area contributed by atoms with Crippen LogP contribution >= 0.6 is 0 Å². The lowest BCUT2D eigenvalue weighted by Crippen LogP contribution is -2.29. The van der Waals surface area contributed by atoms with E-state index in [0.717, 1.165) is 12.1 Å². The number of nitrogens with zero attached hydrogens (tertiary/aromatic N) is 4. The number of nitrogens with one attached hydrogen (secondary N) is 1. The summed E-state index contributed by atoms with van der Waals surface area (Å²) in [7, 11) is 0. The summed E-state index contributed by atoms with van der Waals surface area (Å²) < 4.78 is 6.52. The fourth-order valence-electron chi connectivity index (χ4n) is 2.72. The van der Waals surface area contributed by atoms with Gasteiger partial charge < -0.3 is 15.2 Å². The van der Waals surface area contributed by atoms with Gasteiger partial charge in [-0.25, -0.2) is 9.48 Å². The molecule has 0 aliphatic carbocycles. The van der Waals surface area contributed by atoms with Gasteiger partial charge in [0, 0.05) is 11.8 Å². The minimum atomic E-state index is -0.794. The molecule has 0 fully saturated rings. The molecular formula is C15H14N5O5-. The maximum atomic E-state index is 12.4. The largest absolute Gasteiger partial charge is 0.868 e. The summed E-state index contributed by atoms with van der Waals surface area (Å²) in [4.78, 5) is 26.8. The topological polar surface area (TPSA) is 135 Å². The first-order valence-electron chi connectivity index (χ1n) is 7.43. The molecule has 0 radical (unpaired) electrons. The van der Waals surface area contributed by atoms with Gasteiger partial charge in [0.1, 0.15) is 12.4 Å². The smallest absolute Gasteiger partial charge is 0.338 e. The Labute approximate surface area is 141 Å². The molecule has 1 aromatic heterocycles. The SMILES string of the molecule is CCOC(=O)C1=C(C)Nc2ncnn2[C@H]1c1ccc([O-])c([N+](=O)[O-])c1. The van der Waals surface area contributed by atoms with Crippen LogP contribution in [-0.4, -0.2) is 32.3 Å². The maximum Gasteiger partial charge on any atom is 0.338 e. The first-order chi connectivity index (χ1) is 11.9. The molecule has 2 heterocycles. The molecule has 0 saturated heterocycles. The molecule has 1 aliphatic heterocycles. The number of fused-ring (bicyclic) bond motifs is 1. The van der Waals surface area contributed by atoms with E-state index in [0.29, 0.717) is 17.2 Å². The lowest BCUT2D eigenvalue weighted by atomic mass is 9.95. The lowest BCUT2D eigenvalue weighted by Gasteiger charge is -2.28. The molecule has 130 valence electrons. The Morgan fingerprint density at radius 1 is 1.48 bits per heavy atom. The van der Waals surface area contributed by atoms with Gasteiger partial charge in [-0.1, -0.05) is 12.1 Å². The van der Waals surface area contributed by atoms with Crippen molar-refractivity contribution in [1.82, 2.24) is 14.8 Å². The average molecular weight is 344 g/mol. The van der Waals surface area contributed by atoms with Crippen LogP contribution in [0.3, 0.4) is 0 Å². The Morgan fingerprint density at radius 3 is 2.92 bits per heavy atom. The Hall–Kier alpha value is -3.43. The fourth-order valence-corrected chi connectivity index (χ4v) is 2.72. The van der Waals surface area contributed by atoms with Crippen molar-refractivity contribution in [2.75, 3.05) is 11.9 Å². The predicted octanol–water partition coefficient (Wildman–Crippen LogP) is 1.11. The highest BCUT2D eigenvalue weighted by atomic mass is 16.6. The molecule has 0 unspecified atom stereocenters. The number of anilines is 1. The van der Waals surface area contributed by atoms with Crippen LogP contribution in [0.1, 0.15) is 25.5 Å². The summed E-state index contributed by atoms with van der Waals surface area (Å²) in [6.45, 7) is 3.52. The number of hydrogen-bond donors (Lipinski definition) is 1. The zero-order valence-corrected chi connectivity index (χ0v) is 13.4. The van der Waals surface area contributed by atoms with Gasteiger partial charge >= 0.3 is 5.97 Å². The van der Waals surface area contributed by atoms with Crippen LogP contribution in [-0.2, 0) is 9.53 Å². The molecule has 1 aromatic carbocycles. The zero-order valence-electron chi connectivity index (χ0n) is 13.4. The summed E-state index contributed by atoms with van der Waals surface area (Å²) in [5.74, 6) is -0.906. The van der Waals surface area contributed by atoms with Crippen LogP contribution in [0.25, 0.3) is 0 Å². The van der Waals surface area contributed by atoms with Gasteiger partial charge in [-0.2, -0.15) is 10.1 Å². The fraction of sp³-hybridized carbons (Fsp3) is 0.267. The van der Waals surface area contributed by atoms with Crippen LogP contribution in [0.2, 0.25) is 0 Å². The first kappa shape index (κ1) is 16.4. The number of rotatable bonds is 4. The summed E-state index contributed by atoms with van der Waals surface area (Å²) in [6.07, 6.45) is 1.30. The number of carbonyl (C=O) groups is 1. The Morgan fingerprint density at radius 2 is 2.24 bits per heavy atom. The monoisotopic (exact) mass is 344 g/mol. The molecule has 10 nitrogen and oxygen atoms in total. The van der Waals surface area contributed by atoms with Crippen molar-refractivity contribution in [1.29, 1.82) is 0 Å². The number of allylic oxidation sites excluding steroid dienone is 1. The minimum absolute atomic E-state index is 0.173. The van der Waals surface area contributed by atoms with Gasteiger partial charge in [0.2, 0.25) is 5.95 Å². The van der Waals surface area contributed by atoms with Gasteiger partial charge in [-0.15, -0.1) is 0 Å². The Balaban J connectivity index is 2.18. The predicted molar refractivity (Wildman–Crippen MR) is 83.7 cm³/mol. The summed E-state index contributed by atoms with van der Waals surface area (Å²) >= 11 is 0. The average Bonchev–Trinajstić information content (AvgIpc) is 3.01. The number of benzene rings is 1. The van der Waals surface area contributed by atoms with E-state index < -0.39 is 28.4 Å². The summed E-state index contributed by atoms with van der Waals surface area (Å²) in [5, 5.41) is 29.8. The van der Waals surface area contributed by atoms with Crippen molar-refractivity contribution < 1.29 is 19.6 Å². The number of ether oxygens (including phenoxy) is 1. The number of hydrogen-bond acceptors (Lipinski definition) is 8. The second kappa shape index (κ2) is 6.23. The van der Waals surface area contributed by atoms with E-state index in [4.69, 9.17) is 4.74 Å². The third-order valence-electron chi connectivity index (χ3n) is 3.79. The van der Waals surface area contributed by atoms with Crippen LogP contribution in [0.5, 0.6) is 5.75 Å². The van der Waals surface area contributed by atoms with Crippen molar-refractivity contribution in [3.05, 3.63) is 51.5 Å². The third-order valence-corrected chi connectivity index (χ3v) is 3.79. The van der Waals surface area contributed by atoms with Gasteiger partial charge in [0.15, 0.2) is 0 Å². The highest BCUT2D eigenvalue weighted by molar-refractivity contribution is 5.92. The minimum Gasteiger partial charge on any atom is -0.868 e. The molecule has 1 aliphatic rings. The second-order valence-electron chi connectivity index (χ2n) is 5.30. The van der Waals surface area contributed by atoms with Crippen molar-refractivity contribution in [3.8, 4) is 5.75 Å². The summed E-state index contributed by atoms with van der Waals surface area (Å²) in [6, 6.07) is 2.89. The number of nitro benzene ring substituents is 1. The standard InChI is InChI=1S/C15H15N5O5/c1-3-25-14(22)12-8(2)18-15-16-7-17-19(15)13(12)9-4-5-11(21)10(6-9)20(23)24/h4-7,13,21H,3H2,1-2H3,(H,16,17,18)/p-1/t13-/m0/s1. The number of carbonyl (C=O) groups excluding carboxylic acids is 1. The van der Waals surface area contributed by atoms with Crippen LogP contribution in [0.4, 0.5) is 11.6 Å². The zero-order chi connectivity index (χ0) is 18.1. The van der Waals surface area contributed by atoms with E-state index in [-0.39, 0.29) is 12.2 Å². The van der Waals surface area contributed by atoms with Crippen LogP contribution in [0.15, 0.2) is 35.8 Å². The molecule has 10 heteroatoms. The molecule has 3 rings (SSSR count). The van der Waals surface area contributed by atoms with Crippen molar-refractivity contribution >= 4 is 17.6 Å². The second-order valence-corrected chi connectivity index (χ2v) is 5.30. The molecule has 0 bridgehead atoms. The van der Waals surface area contributed by atoms with Gasteiger partial charge in [-0.05, 0) is 25.2 Å². The van der Waals surface area contributed by atoms with Gasteiger partial charge in [-0.3, -0.25) is 10.1 Å². The quantitative estimate of drug-likeness (QED) is 0.495. The highest BCUT2D eigenvalue weighted by Crippen LogP contribution is 2.37. The number of esters is 1. The normalized spacial score (nSPS) is 16.2. The molecule has 25 heavy (non-hydrogen) atoms. The summed E-state index contributed by atoms with van der Waals surface area (Å²) in [5.41, 5.74) is 0.533. The maximum absolute atomic E-state index is 12.4. The Bertz CT molecular complexity index is 888. The molecule has 2 aromatic rings.